The van der Waals surface area contributed by atoms with Crippen molar-refractivity contribution < 1.29 is 41.3 Å². The highest BCUT2D eigenvalue weighted by Gasteiger charge is 2.38. The number of halogens is 5. The number of hydrogen-bond acceptors (Lipinski definition) is 8. The zero-order chi connectivity index (χ0) is 25.8. The minimum absolute atomic E-state index is 0.170. The average Bonchev–Trinajstić information content (AvgIpc) is 3.43. The maximum Gasteiger partial charge on any atom is 0.490 e. The van der Waals surface area contributed by atoms with Gasteiger partial charge in [-0.3, -0.25) is 4.98 Å². The first-order valence-corrected chi connectivity index (χ1v) is 9.41. The molecule has 4 rings (SSSR count). The van der Waals surface area contributed by atoms with Crippen molar-refractivity contribution >= 4 is 5.97 Å². The van der Waals surface area contributed by atoms with E-state index in [1.165, 1.54) is 18.7 Å². The van der Waals surface area contributed by atoms with Gasteiger partial charge in [-0.05, 0) is 18.2 Å². The number of carboxylic acids is 1. The number of nitrogens with zero attached hydrogens (tertiary/aromatic N) is 5. The van der Waals surface area contributed by atoms with Gasteiger partial charge in [-0.25, -0.2) is 23.8 Å². The molecule has 0 unspecified atom stereocenters. The fourth-order valence-electron chi connectivity index (χ4n) is 2.64. The van der Waals surface area contributed by atoms with E-state index in [2.05, 4.69) is 15.1 Å². The Hall–Kier alpha value is -4.34. The Morgan fingerprint density at radius 1 is 1.14 bits per heavy atom. The van der Waals surface area contributed by atoms with E-state index in [4.69, 9.17) is 25.1 Å². The second-order valence-electron chi connectivity index (χ2n) is 6.64. The smallest absolute Gasteiger partial charge is 0.475 e. The number of rotatable bonds is 5. The number of benzene rings is 1. The lowest BCUT2D eigenvalue weighted by Gasteiger charge is -2.04. The number of hydrogen-bond donors (Lipinski definition) is 2. The fourth-order valence-corrected chi connectivity index (χ4v) is 2.64. The van der Waals surface area contributed by atoms with Crippen LogP contribution in [0.3, 0.4) is 0 Å². The van der Waals surface area contributed by atoms with Gasteiger partial charge in [0, 0.05) is 17.7 Å². The highest BCUT2D eigenvalue weighted by Crippen LogP contribution is 2.35. The molecule has 0 radical (unpaired) electrons. The van der Waals surface area contributed by atoms with Gasteiger partial charge in [-0.1, -0.05) is 0 Å². The van der Waals surface area contributed by atoms with Crippen LogP contribution >= 0.6 is 0 Å². The molecule has 0 aliphatic carbocycles. The minimum Gasteiger partial charge on any atom is -0.475 e. The van der Waals surface area contributed by atoms with Crippen molar-refractivity contribution in [1.29, 1.82) is 0 Å². The Labute approximate surface area is 191 Å². The van der Waals surface area contributed by atoms with Gasteiger partial charge in [0.05, 0.1) is 24.6 Å². The molecule has 2 aromatic heterocycles. The zero-order valence-electron chi connectivity index (χ0n) is 17.4. The summed E-state index contributed by atoms with van der Waals surface area (Å²) in [5.41, 5.74) is 5.61. The van der Waals surface area contributed by atoms with E-state index in [9.17, 15) is 26.7 Å². The molecule has 1 aliphatic rings. The summed E-state index contributed by atoms with van der Waals surface area (Å²) in [5, 5.41) is 11.0. The van der Waals surface area contributed by atoms with E-state index >= 15 is 0 Å². The van der Waals surface area contributed by atoms with Gasteiger partial charge >= 0.3 is 17.8 Å². The van der Waals surface area contributed by atoms with Crippen molar-refractivity contribution in [1.82, 2.24) is 24.3 Å². The lowest BCUT2D eigenvalue weighted by Crippen LogP contribution is -2.26. The third-order valence-electron chi connectivity index (χ3n) is 4.38. The third-order valence-corrected chi connectivity index (χ3v) is 4.38. The van der Waals surface area contributed by atoms with Gasteiger partial charge in [-0.2, -0.15) is 27.1 Å². The normalized spacial score (nSPS) is 12.1. The predicted molar refractivity (Wildman–Crippen MR) is 107 cm³/mol. The van der Waals surface area contributed by atoms with Gasteiger partial charge in [0.15, 0.2) is 17.3 Å². The molecule has 0 fully saturated rings. The molecular formula is C19H15F5N6O5. The quantitative estimate of drug-likeness (QED) is 0.500. The van der Waals surface area contributed by atoms with E-state index in [0.717, 1.165) is 14.8 Å². The van der Waals surface area contributed by atoms with E-state index in [1.807, 2.05) is 6.07 Å². The van der Waals surface area contributed by atoms with Crippen LogP contribution < -0.4 is 20.9 Å². The summed E-state index contributed by atoms with van der Waals surface area (Å²) >= 11 is 0. The average molecular weight is 502 g/mol. The number of aliphatic carboxylic acids is 1. The predicted octanol–water partition coefficient (Wildman–Crippen LogP) is 1.96. The number of ether oxygens (including phenoxy) is 2. The van der Waals surface area contributed by atoms with Crippen molar-refractivity contribution in [2.45, 2.75) is 12.7 Å². The van der Waals surface area contributed by atoms with Gasteiger partial charge in [0.25, 0.3) is 6.08 Å². The molecule has 3 N–H and O–H groups in total. The molecular weight excluding hydrogens is 487 g/mol. The molecule has 0 spiro atoms. The largest absolute Gasteiger partial charge is 0.490 e. The standard InChI is InChI=1S/C17H14F2N6O3.C2HF3O2/c18-16(19)11(4-20)7-25-17(26)24(8-23-25)15-6-21-12(5-22-15)10-1-2-13-14(3-10)28-9-27-13;3-2(4,5)1(6)7/h1-3,5-6,8H,4,7,9,20H2;(H,6,7). The molecule has 0 bridgehead atoms. The van der Waals surface area contributed by atoms with Crippen LogP contribution in [0.15, 0.2) is 53.4 Å². The van der Waals surface area contributed by atoms with E-state index < -0.39 is 30.5 Å². The topological polar surface area (TPSA) is 147 Å². The molecule has 0 saturated carbocycles. The van der Waals surface area contributed by atoms with Crippen LogP contribution in [0.2, 0.25) is 0 Å². The summed E-state index contributed by atoms with van der Waals surface area (Å²) in [6.07, 6.45) is -2.93. The SMILES string of the molecule is NCC(Cn1ncn(-c2cnc(-c3ccc4c(c3)OCO4)cn2)c1=O)=C(F)F.O=C(O)C(F)(F)F. The van der Waals surface area contributed by atoms with Crippen molar-refractivity contribution in [3.63, 3.8) is 0 Å². The Morgan fingerprint density at radius 2 is 1.83 bits per heavy atom. The molecule has 186 valence electrons. The van der Waals surface area contributed by atoms with Crippen LogP contribution in [0, 0.1) is 0 Å². The monoisotopic (exact) mass is 502 g/mol. The van der Waals surface area contributed by atoms with E-state index in [-0.39, 0.29) is 24.7 Å². The van der Waals surface area contributed by atoms with Gasteiger partial charge in [-0.15, -0.1) is 0 Å². The number of carbonyl (C=O) groups is 1. The molecule has 35 heavy (non-hydrogen) atoms. The molecule has 0 amide bonds. The number of aromatic nitrogens is 5. The molecule has 16 heteroatoms. The molecule has 3 aromatic rings. The van der Waals surface area contributed by atoms with Crippen LogP contribution in [0.25, 0.3) is 17.1 Å². The first kappa shape index (κ1) is 25.3. The molecule has 11 nitrogen and oxygen atoms in total. The number of carboxylic acid groups (broad SMARTS) is 1. The highest BCUT2D eigenvalue weighted by atomic mass is 19.4. The summed E-state index contributed by atoms with van der Waals surface area (Å²) in [4.78, 5) is 29.8. The molecule has 1 aliphatic heterocycles. The van der Waals surface area contributed by atoms with Crippen LogP contribution in [0.1, 0.15) is 0 Å². The number of fused-ring (bicyclic) bond motifs is 1. The summed E-state index contributed by atoms with van der Waals surface area (Å²) in [6, 6.07) is 5.37. The molecule has 0 atom stereocenters. The lowest BCUT2D eigenvalue weighted by atomic mass is 10.1. The number of nitrogens with two attached hydrogens (primary N) is 1. The summed E-state index contributed by atoms with van der Waals surface area (Å²) < 4.78 is 69.8. The highest BCUT2D eigenvalue weighted by molar-refractivity contribution is 5.73. The van der Waals surface area contributed by atoms with Crippen LogP contribution in [-0.2, 0) is 11.3 Å². The van der Waals surface area contributed by atoms with Gasteiger partial charge in [0.2, 0.25) is 6.79 Å². The molecule has 0 saturated heterocycles. The number of alkyl halides is 3. The van der Waals surface area contributed by atoms with E-state index in [1.54, 1.807) is 12.1 Å². The Bertz CT molecular complexity index is 1300. The summed E-state index contributed by atoms with van der Waals surface area (Å²) in [6.45, 7) is -0.595. The van der Waals surface area contributed by atoms with Gasteiger partial charge in [0.1, 0.15) is 6.33 Å². The van der Waals surface area contributed by atoms with Crippen molar-refractivity contribution in [2.24, 2.45) is 5.73 Å². The Balaban J connectivity index is 0.000000429. The Kier molecular flexibility index (Phi) is 7.43. The van der Waals surface area contributed by atoms with Crippen LogP contribution in [0.5, 0.6) is 11.5 Å². The maximum absolute atomic E-state index is 12.7. The molecule has 3 heterocycles. The first-order valence-electron chi connectivity index (χ1n) is 9.41. The van der Waals surface area contributed by atoms with E-state index in [0.29, 0.717) is 17.2 Å². The van der Waals surface area contributed by atoms with Crippen molar-refractivity contribution in [2.75, 3.05) is 13.3 Å². The van der Waals surface area contributed by atoms with Crippen LogP contribution in [0.4, 0.5) is 22.0 Å². The minimum atomic E-state index is -5.08. The first-order chi connectivity index (χ1) is 16.5. The zero-order valence-corrected chi connectivity index (χ0v) is 17.4. The maximum atomic E-state index is 12.7. The summed E-state index contributed by atoms with van der Waals surface area (Å²) in [5.74, 6) is -1.28. The third kappa shape index (κ3) is 5.97. The Morgan fingerprint density at radius 3 is 2.40 bits per heavy atom. The lowest BCUT2D eigenvalue weighted by molar-refractivity contribution is -0.192. The van der Waals surface area contributed by atoms with Gasteiger partial charge < -0.3 is 20.3 Å². The second-order valence-corrected chi connectivity index (χ2v) is 6.64. The fraction of sp³-hybridized carbons (Fsp3) is 0.211. The van der Waals surface area contributed by atoms with Crippen molar-refractivity contribution in [3.8, 4) is 28.6 Å². The van der Waals surface area contributed by atoms with Crippen LogP contribution in [-0.4, -0.2) is 54.9 Å². The summed E-state index contributed by atoms with van der Waals surface area (Å²) in [7, 11) is 0. The van der Waals surface area contributed by atoms with Crippen molar-refractivity contribution in [3.05, 3.63) is 59.1 Å². The molecule has 1 aromatic carbocycles. The second kappa shape index (κ2) is 10.3.